The number of halogens is 4. The molecular weight excluding hydrogens is 398 g/mol. The number of carbonyl (C=O) groups excluding carboxylic acids is 1. The fourth-order valence-corrected chi connectivity index (χ4v) is 3.88. The van der Waals surface area contributed by atoms with E-state index in [2.05, 4.69) is 5.32 Å². The highest BCUT2D eigenvalue weighted by Gasteiger charge is 2.31. The molecule has 30 heavy (non-hydrogen) atoms. The molecule has 1 aliphatic rings. The molecule has 2 aromatic rings. The molecule has 0 radical (unpaired) electrons. The van der Waals surface area contributed by atoms with Crippen molar-refractivity contribution in [2.45, 2.75) is 56.8 Å². The van der Waals surface area contributed by atoms with Crippen molar-refractivity contribution in [3.05, 3.63) is 71.0 Å². The maximum Gasteiger partial charge on any atom is 0.416 e. The first kappa shape index (κ1) is 22.3. The summed E-state index contributed by atoms with van der Waals surface area (Å²) in [5.41, 5.74) is 0.225. The van der Waals surface area contributed by atoms with Crippen LogP contribution in [0, 0.1) is 11.7 Å². The van der Waals surface area contributed by atoms with Crippen LogP contribution < -0.4 is 5.32 Å². The normalized spacial score (nSPS) is 17.4. The topological polar surface area (TPSA) is 49.3 Å². The molecule has 2 unspecified atom stereocenters. The first-order chi connectivity index (χ1) is 14.2. The zero-order chi connectivity index (χ0) is 21.7. The molecule has 0 spiro atoms. The second kappa shape index (κ2) is 9.60. The van der Waals surface area contributed by atoms with Gasteiger partial charge in [-0.1, -0.05) is 43.5 Å². The van der Waals surface area contributed by atoms with Gasteiger partial charge in [0.05, 0.1) is 17.7 Å². The van der Waals surface area contributed by atoms with Crippen molar-refractivity contribution in [2.24, 2.45) is 5.92 Å². The standard InChI is InChI=1S/C23H25F4NO2/c24-19-12-8-16(9-13-19)21(29)20(28-22(30)17-4-2-1-3-5-17)14-15-6-10-18(11-7-15)23(25,26)27/h6-13,17,20-21,29H,1-5,14H2,(H,28,30). The molecule has 1 amide bonds. The van der Waals surface area contributed by atoms with E-state index >= 15 is 0 Å². The lowest BCUT2D eigenvalue weighted by molar-refractivity contribution is -0.137. The molecule has 0 saturated heterocycles. The fourth-order valence-electron chi connectivity index (χ4n) is 3.88. The summed E-state index contributed by atoms with van der Waals surface area (Å²) in [6.07, 6.45) is -0.797. The molecule has 162 valence electrons. The minimum atomic E-state index is -4.43. The van der Waals surface area contributed by atoms with Crippen molar-refractivity contribution in [1.82, 2.24) is 5.32 Å². The van der Waals surface area contributed by atoms with Gasteiger partial charge in [-0.3, -0.25) is 4.79 Å². The Bertz CT molecular complexity index is 828. The summed E-state index contributed by atoms with van der Waals surface area (Å²) < 4.78 is 51.7. The molecule has 0 heterocycles. The fraction of sp³-hybridized carbons (Fsp3) is 0.435. The number of carbonyl (C=O) groups is 1. The van der Waals surface area contributed by atoms with Crippen molar-refractivity contribution in [3.63, 3.8) is 0 Å². The number of amides is 1. The third-order valence-corrected chi connectivity index (χ3v) is 5.63. The van der Waals surface area contributed by atoms with Crippen LogP contribution in [0.4, 0.5) is 17.6 Å². The Balaban J connectivity index is 1.79. The summed E-state index contributed by atoms with van der Waals surface area (Å²) in [7, 11) is 0. The van der Waals surface area contributed by atoms with Crippen molar-refractivity contribution < 1.29 is 27.5 Å². The second-order valence-corrected chi connectivity index (χ2v) is 7.85. The quantitative estimate of drug-likeness (QED) is 0.629. The van der Waals surface area contributed by atoms with Gasteiger partial charge in [0.15, 0.2) is 0 Å². The average Bonchev–Trinajstić information content (AvgIpc) is 2.73. The zero-order valence-corrected chi connectivity index (χ0v) is 16.5. The lowest BCUT2D eigenvalue weighted by Gasteiger charge is -2.28. The van der Waals surface area contributed by atoms with E-state index < -0.39 is 29.7 Å². The highest BCUT2D eigenvalue weighted by molar-refractivity contribution is 5.79. The van der Waals surface area contributed by atoms with Crippen LogP contribution in [0.15, 0.2) is 48.5 Å². The minimum Gasteiger partial charge on any atom is -0.386 e. The van der Waals surface area contributed by atoms with Crippen LogP contribution in [0.25, 0.3) is 0 Å². The Morgan fingerprint density at radius 3 is 2.17 bits per heavy atom. The molecule has 1 saturated carbocycles. The summed E-state index contributed by atoms with van der Waals surface area (Å²) in [6, 6.07) is 9.23. The summed E-state index contributed by atoms with van der Waals surface area (Å²) in [5.74, 6) is -0.737. The van der Waals surface area contributed by atoms with E-state index in [1.807, 2.05) is 0 Å². The smallest absolute Gasteiger partial charge is 0.386 e. The Hall–Kier alpha value is -2.41. The number of nitrogens with one attached hydrogen (secondary N) is 1. The molecule has 2 N–H and O–H groups in total. The van der Waals surface area contributed by atoms with Crippen molar-refractivity contribution >= 4 is 5.91 Å². The number of aliphatic hydroxyl groups excluding tert-OH is 1. The largest absolute Gasteiger partial charge is 0.416 e. The van der Waals surface area contributed by atoms with Gasteiger partial charge in [0.1, 0.15) is 5.82 Å². The van der Waals surface area contributed by atoms with Crippen LogP contribution in [-0.2, 0) is 17.4 Å². The lowest BCUT2D eigenvalue weighted by Crippen LogP contribution is -2.44. The number of alkyl halides is 3. The van der Waals surface area contributed by atoms with Gasteiger partial charge in [0, 0.05) is 5.92 Å². The van der Waals surface area contributed by atoms with Crippen molar-refractivity contribution in [2.75, 3.05) is 0 Å². The lowest BCUT2D eigenvalue weighted by atomic mass is 9.87. The predicted octanol–water partition coefficient (Wildman–Crippen LogP) is 5.19. The maximum absolute atomic E-state index is 13.2. The van der Waals surface area contributed by atoms with Crippen LogP contribution in [0.3, 0.4) is 0 Å². The van der Waals surface area contributed by atoms with Crippen molar-refractivity contribution in [3.8, 4) is 0 Å². The van der Waals surface area contributed by atoms with Gasteiger partial charge in [0.25, 0.3) is 0 Å². The van der Waals surface area contributed by atoms with E-state index in [1.54, 1.807) is 0 Å². The Labute approximate surface area is 173 Å². The molecule has 0 aliphatic heterocycles. The van der Waals surface area contributed by atoms with Crippen LogP contribution in [-0.4, -0.2) is 17.1 Å². The Morgan fingerprint density at radius 2 is 1.60 bits per heavy atom. The van der Waals surface area contributed by atoms with Crippen LogP contribution >= 0.6 is 0 Å². The van der Waals surface area contributed by atoms with E-state index in [9.17, 15) is 27.5 Å². The van der Waals surface area contributed by atoms with Crippen molar-refractivity contribution in [1.29, 1.82) is 0 Å². The van der Waals surface area contributed by atoms with E-state index in [1.165, 1.54) is 36.4 Å². The monoisotopic (exact) mass is 423 g/mol. The third kappa shape index (κ3) is 5.81. The maximum atomic E-state index is 13.2. The predicted molar refractivity (Wildman–Crippen MR) is 105 cm³/mol. The Kier molecular flexibility index (Phi) is 7.13. The Morgan fingerprint density at radius 1 is 1.00 bits per heavy atom. The van der Waals surface area contributed by atoms with Gasteiger partial charge in [-0.2, -0.15) is 13.2 Å². The number of aliphatic hydroxyl groups is 1. The molecule has 0 bridgehead atoms. The highest BCUT2D eigenvalue weighted by atomic mass is 19.4. The molecule has 0 aromatic heterocycles. The SMILES string of the molecule is O=C(NC(Cc1ccc(C(F)(F)F)cc1)C(O)c1ccc(F)cc1)C1CCCCC1. The highest BCUT2D eigenvalue weighted by Crippen LogP contribution is 2.30. The summed E-state index contributed by atoms with van der Waals surface area (Å²) in [5, 5.41) is 13.7. The molecule has 7 heteroatoms. The molecule has 1 aliphatic carbocycles. The van der Waals surface area contributed by atoms with Crippen LogP contribution in [0.1, 0.15) is 54.9 Å². The van der Waals surface area contributed by atoms with Gasteiger partial charge >= 0.3 is 6.18 Å². The van der Waals surface area contributed by atoms with Crippen LogP contribution in [0.5, 0.6) is 0 Å². The van der Waals surface area contributed by atoms with Gasteiger partial charge in [-0.15, -0.1) is 0 Å². The zero-order valence-electron chi connectivity index (χ0n) is 16.5. The molecule has 2 atom stereocenters. The van der Waals surface area contributed by atoms with Crippen LogP contribution in [0.2, 0.25) is 0 Å². The van der Waals surface area contributed by atoms with Gasteiger partial charge in [0.2, 0.25) is 5.91 Å². The third-order valence-electron chi connectivity index (χ3n) is 5.63. The van der Waals surface area contributed by atoms with Gasteiger partial charge in [-0.25, -0.2) is 4.39 Å². The first-order valence-corrected chi connectivity index (χ1v) is 10.1. The second-order valence-electron chi connectivity index (χ2n) is 7.85. The summed E-state index contributed by atoms with van der Waals surface area (Å²) in [4.78, 5) is 12.7. The van der Waals surface area contributed by atoms with Gasteiger partial charge in [-0.05, 0) is 54.7 Å². The molecule has 2 aromatic carbocycles. The molecule has 3 nitrogen and oxygen atoms in total. The number of benzene rings is 2. The number of hydrogen-bond donors (Lipinski definition) is 2. The van der Waals surface area contributed by atoms with E-state index in [0.717, 1.165) is 44.2 Å². The summed E-state index contributed by atoms with van der Waals surface area (Å²) in [6.45, 7) is 0. The molecule has 1 fully saturated rings. The minimum absolute atomic E-state index is 0.130. The average molecular weight is 423 g/mol. The van der Waals surface area contributed by atoms with E-state index in [-0.39, 0.29) is 18.2 Å². The summed E-state index contributed by atoms with van der Waals surface area (Å²) >= 11 is 0. The first-order valence-electron chi connectivity index (χ1n) is 10.1. The number of rotatable bonds is 6. The van der Waals surface area contributed by atoms with E-state index in [4.69, 9.17) is 0 Å². The van der Waals surface area contributed by atoms with E-state index in [0.29, 0.717) is 11.1 Å². The number of hydrogen-bond acceptors (Lipinski definition) is 2. The molecular formula is C23H25F4NO2. The molecule has 3 rings (SSSR count). The van der Waals surface area contributed by atoms with Gasteiger partial charge < -0.3 is 10.4 Å².